The van der Waals surface area contributed by atoms with Crippen LogP contribution in [-0.4, -0.2) is 0 Å². The molecule has 0 bridgehead atoms. The fraction of sp³-hybridized carbons (Fsp3) is 0.0833. The largest absolute Gasteiger partial charge is 0.748 e. The van der Waals surface area contributed by atoms with E-state index in [9.17, 15) is 0 Å². The van der Waals surface area contributed by atoms with Crippen molar-refractivity contribution >= 4 is 23.8 Å². The Morgan fingerprint density at radius 2 is 0.962 bits per heavy atom. The van der Waals surface area contributed by atoms with Gasteiger partial charge < -0.3 is 30.3 Å². The van der Waals surface area contributed by atoms with Gasteiger partial charge in [0.1, 0.15) is 0 Å². The van der Waals surface area contributed by atoms with Crippen LogP contribution < -0.4 is 15.9 Å². The third-order valence-electron chi connectivity index (χ3n) is 4.04. The number of hydrogen-bond acceptors (Lipinski definition) is 0. The van der Waals surface area contributed by atoms with E-state index in [0.717, 1.165) is 0 Å². The van der Waals surface area contributed by atoms with Crippen LogP contribution in [-0.2, 0) is 17.1 Å². The van der Waals surface area contributed by atoms with Gasteiger partial charge in [-0.2, -0.15) is 12.1 Å². The summed E-state index contributed by atoms with van der Waals surface area (Å²) < 4.78 is 0. The molecule has 0 spiro atoms. The van der Waals surface area contributed by atoms with Crippen LogP contribution in [0.25, 0.3) is 0 Å². The second-order valence-electron chi connectivity index (χ2n) is 6.11. The van der Waals surface area contributed by atoms with Gasteiger partial charge >= 0.3 is 0 Å². The Hall–Kier alpha value is -1.91. The molecule has 0 aromatic heterocycles. The minimum Gasteiger partial charge on any atom is -0.748 e. The van der Waals surface area contributed by atoms with Gasteiger partial charge in [0.25, 0.3) is 0 Å². The van der Waals surface area contributed by atoms with Crippen LogP contribution in [0.5, 0.6) is 0 Å². The van der Waals surface area contributed by atoms with Crippen LogP contribution in [0.15, 0.2) is 103 Å². The van der Waals surface area contributed by atoms with Crippen LogP contribution in [0.4, 0.5) is 0 Å². The van der Waals surface area contributed by atoms with Gasteiger partial charge in [-0.25, -0.2) is 12.1 Å². The Morgan fingerprint density at radius 3 is 1.31 bits per heavy atom. The molecule has 4 aromatic carbocycles. The summed E-state index contributed by atoms with van der Waals surface area (Å²) in [5.41, 5.74) is 2.63. The first-order valence-corrected chi connectivity index (χ1v) is 9.90. The third-order valence-corrected chi connectivity index (χ3v) is 6.49. The van der Waals surface area contributed by atoms with Crippen LogP contribution in [0.3, 0.4) is 0 Å². The first-order valence-electron chi connectivity index (χ1n) is 8.56. The third kappa shape index (κ3) is 5.55. The molecule has 2 heteroatoms. The van der Waals surface area contributed by atoms with E-state index >= 15 is 0 Å². The first-order chi connectivity index (χ1) is 12.2. The van der Waals surface area contributed by atoms with Gasteiger partial charge in [0.2, 0.25) is 0 Å². The van der Waals surface area contributed by atoms with E-state index in [1.165, 1.54) is 27.0 Å². The Balaban J connectivity index is 0.000000351. The van der Waals surface area contributed by atoms with Crippen LogP contribution in [0.1, 0.15) is 11.1 Å². The second kappa shape index (κ2) is 10.3. The molecule has 0 saturated carbocycles. The van der Waals surface area contributed by atoms with Crippen molar-refractivity contribution < 1.29 is 17.1 Å². The molecule has 0 atom stereocenters. The molecule has 0 unspecified atom stereocenters. The summed E-state index contributed by atoms with van der Waals surface area (Å²) in [6.07, 6.45) is 0. The van der Waals surface area contributed by atoms with E-state index < -0.39 is 7.92 Å². The molecule has 0 aliphatic carbocycles. The predicted octanol–water partition coefficient (Wildman–Crippen LogP) is 5.18. The van der Waals surface area contributed by atoms with Crippen molar-refractivity contribution in [1.29, 1.82) is 0 Å². The molecule has 4 rings (SSSR count). The van der Waals surface area contributed by atoms with Gasteiger partial charge in [0.15, 0.2) is 0 Å². The molecule has 0 radical (unpaired) electrons. The van der Waals surface area contributed by atoms with E-state index in [1.807, 2.05) is 30.3 Å². The Labute approximate surface area is 168 Å². The molecule has 0 aliphatic heterocycles. The molecule has 0 amide bonds. The first kappa shape index (κ1) is 20.4. The zero-order valence-corrected chi connectivity index (χ0v) is 17.1. The van der Waals surface area contributed by atoms with Gasteiger partial charge in [-0.15, -0.1) is 5.30 Å². The number of hydrogen-bond donors (Lipinski definition) is 0. The minimum atomic E-state index is -0.434. The van der Waals surface area contributed by atoms with Crippen molar-refractivity contribution in [2.45, 2.75) is 13.8 Å². The Morgan fingerprint density at radius 1 is 0.615 bits per heavy atom. The molecular formula is C24H23FeP-6. The number of benzene rings is 2. The monoisotopic (exact) mass is 398 g/mol. The smallest absolute Gasteiger partial charge is 0 e. The minimum absolute atomic E-state index is 0. The molecule has 4 aromatic rings. The quantitative estimate of drug-likeness (QED) is 0.253. The van der Waals surface area contributed by atoms with Crippen LogP contribution in [0, 0.1) is 13.8 Å². The fourth-order valence-electron chi connectivity index (χ4n) is 2.67. The summed E-state index contributed by atoms with van der Waals surface area (Å²) in [5, 5.41) is 4.26. The summed E-state index contributed by atoms with van der Waals surface area (Å²) >= 11 is 0. The standard InChI is InChI=1S/C19H18P.C5H5.Fe/c1-15-7-11-18(12-8-15)20(17-5-3-4-6-17)19-13-9-16(2)10-14-19;1-2-4-5-3-1;/h3-14H,1-2H3;1-5H;/q-1;-5;. The van der Waals surface area contributed by atoms with Gasteiger partial charge in [0.05, 0.1) is 0 Å². The van der Waals surface area contributed by atoms with E-state index in [-0.39, 0.29) is 17.1 Å². The topological polar surface area (TPSA) is 0 Å². The molecule has 0 aliphatic rings. The van der Waals surface area contributed by atoms with Crippen LogP contribution in [0.2, 0.25) is 0 Å². The van der Waals surface area contributed by atoms with E-state index in [2.05, 4.69) is 86.6 Å². The molecule has 0 saturated heterocycles. The summed E-state index contributed by atoms with van der Waals surface area (Å²) in [7, 11) is -0.434. The predicted molar refractivity (Wildman–Crippen MR) is 112 cm³/mol. The summed E-state index contributed by atoms with van der Waals surface area (Å²) in [4.78, 5) is 0. The zero-order valence-electron chi connectivity index (χ0n) is 15.1. The number of rotatable bonds is 3. The molecular weight excluding hydrogens is 375 g/mol. The van der Waals surface area contributed by atoms with Crippen molar-refractivity contribution in [3.63, 3.8) is 0 Å². The van der Waals surface area contributed by atoms with E-state index in [4.69, 9.17) is 0 Å². The van der Waals surface area contributed by atoms with Gasteiger partial charge in [-0.1, -0.05) is 67.6 Å². The van der Waals surface area contributed by atoms with Gasteiger partial charge in [-0.3, -0.25) is 0 Å². The van der Waals surface area contributed by atoms with Gasteiger partial charge in [-0.05, 0) is 24.5 Å². The van der Waals surface area contributed by atoms with Crippen molar-refractivity contribution in [3.05, 3.63) is 114 Å². The normalized spacial score (nSPS) is 9.96. The summed E-state index contributed by atoms with van der Waals surface area (Å²) in [5.74, 6) is 0. The van der Waals surface area contributed by atoms with Gasteiger partial charge in [0, 0.05) is 17.1 Å². The maximum atomic E-state index is 2.27. The molecule has 0 nitrogen and oxygen atoms in total. The Bertz CT molecular complexity index is 779. The second-order valence-corrected chi connectivity index (χ2v) is 8.33. The molecule has 0 N–H and O–H groups in total. The molecule has 138 valence electrons. The SMILES string of the molecule is Cc1ccc(P(c2ccc(C)cc2)[c-]2cccc2)cc1.[Fe].[cH-]1[cH-][cH-][cH-][cH-]1. The van der Waals surface area contributed by atoms with E-state index in [1.54, 1.807) is 0 Å². The zero-order chi connectivity index (χ0) is 17.5. The Kier molecular flexibility index (Phi) is 8.07. The summed E-state index contributed by atoms with van der Waals surface area (Å²) in [6.45, 7) is 4.28. The molecule has 0 heterocycles. The average molecular weight is 398 g/mol. The van der Waals surface area contributed by atoms with Crippen molar-refractivity contribution in [1.82, 2.24) is 0 Å². The molecule has 0 fully saturated rings. The number of aryl methyl sites for hydroxylation is 2. The molecule has 26 heavy (non-hydrogen) atoms. The maximum Gasteiger partial charge on any atom is 0 e. The van der Waals surface area contributed by atoms with E-state index in [0.29, 0.717) is 0 Å². The fourth-order valence-corrected chi connectivity index (χ4v) is 4.93. The summed E-state index contributed by atoms with van der Waals surface area (Å²) in [6, 6.07) is 36.7. The van der Waals surface area contributed by atoms with Crippen LogP contribution >= 0.6 is 7.92 Å². The van der Waals surface area contributed by atoms with Crippen molar-refractivity contribution in [3.8, 4) is 0 Å². The maximum absolute atomic E-state index is 2.27. The average Bonchev–Trinajstić information content (AvgIpc) is 3.35. The van der Waals surface area contributed by atoms with Crippen molar-refractivity contribution in [2.75, 3.05) is 0 Å². The van der Waals surface area contributed by atoms with Crippen molar-refractivity contribution in [2.24, 2.45) is 0 Å².